The summed E-state index contributed by atoms with van der Waals surface area (Å²) in [6.45, 7) is 2.12. The van der Waals surface area contributed by atoms with Gasteiger partial charge in [-0.1, -0.05) is 30.0 Å². The molecule has 1 unspecified atom stereocenters. The fraction of sp³-hybridized carbons (Fsp3) is 0.333. The predicted octanol–water partition coefficient (Wildman–Crippen LogP) is 2.77. The number of allylic oxidation sites excluding steroid dienone is 1. The standard InChI is InChI=1S/C12H17N3S/c1-10-9-16-12(15(10)14(2)3)13-11-7-5-4-6-8-11/h4-9,12-13H,1-3H3. The highest BCUT2D eigenvalue weighted by Gasteiger charge is 2.25. The van der Waals surface area contributed by atoms with Crippen molar-refractivity contribution in [1.29, 1.82) is 0 Å². The van der Waals surface area contributed by atoms with Gasteiger partial charge in [-0.25, -0.2) is 5.01 Å². The minimum atomic E-state index is 0.248. The van der Waals surface area contributed by atoms with Crippen LogP contribution >= 0.6 is 11.8 Å². The van der Waals surface area contributed by atoms with Crippen LogP contribution in [0, 0.1) is 0 Å². The molecule has 1 aromatic carbocycles. The van der Waals surface area contributed by atoms with Crippen LogP contribution in [-0.4, -0.2) is 29.6 Å². The Labute approximate surface area is 101 Å². The van der Waals surface area contributed by atoms with Gasteiger partial charge >= 0.3 is 0 Å². The Balaban J connectivity index is 2.07. The first kappa shape index (κ1) is 11.4. The van der Waals surface area contributed by atoms with Gasteiger partial charge in [0.15, 0.2) is 5.50 Å². The van der Waals surface area contributed by atoms with E-state index in [4.69, 9.17) is 0 Å². The highest BCUT2D eigenvalue weighted by atomic mass is 32.2. The van der Waals surface area contributed by atoms with Crippen molar-refractivity contribution in [3.63, 3.8) is 0 Å². The number of para-hydroxylation sites is 1. The predicted molar refractivity (Wildman–Crippen MR) is 70.7 cm³/mol. The van der Waals surface area contributed by atoms with E-state index in [-0.39, 0.29) is 5.50 Å². The molecular formula is C12H17N3S. The Bertz CT molecular complexity index is 375. The highest BCUT2D eigenvalue weighted by Crippen LogP contribution is 2.31. The average Bonchev–Trinajstić information content (AvgIpc) is 2.61. The van der Waals surface area contributed by atoms with Gasteiger partial charge in [-0.15, -0.1) is 0 Å². The Kier molecular flexibility index (Phi) is 3.41. The molecule has 0 spiro atoms. The van der Waals surface area contributed by atoms with Gasteiger partial charge in [-0.05, 0) is 24.5 Å². The van der Waals surface area contributed by atoms with Crippen LogP contribution in [0.25, 0.3) is 0 Å². The maximum absolute atomic E-state index is 3.50. The summed E-state index contributed by atoms with van der Waals surface area (Å²) in [4.78, 5) is 0. The van der Waals surface area contributed by atoms with Crippen molar-refractivity contribution in [3.8, 4) is 0 Å². The fourth-order valence-corrected chi connectivity index (χ4v) is 2.86. The van der Waals surface area contributed by atoms with Crippen molar-refractivity contribution in [2.75, 3.05) is 19.4 Å². The third-order valence-corrected chi connectivity index (χ3v) is 3.50. The van der Waals surface area contributed by atoms with Gasteiger partial charge in [0.1, 0.15) is 0 Å². The second-order valence-corrected chi connectivity index (χ2v) is 4.90. The van der Waals surface area contributed by atoms with E-state index in [1.807, 2.05) is 18.2 Å². The molecule has 0 fully saturated rings. The normalized spacial score (nSPS) is 20.1. The maximum atomic E-state index is 3.50. The maximum Gasteiger partial charge on any atom is 0.166 e. The number of nitrogens with zero attached hydrogens (tertiary/aromatic N) is 2. The number of hydrazine groups is 1. The Hall–Kier alpha value is -1.13. The van der Waals surface area contributed by atoms with Crippen LogP contribution in [0.1, 0.15) is 6.92 Å². The highest BCUT2D eigenvalue weighted by molar-refractivity contribution is 8.03. The smallest absolute Gasteiger partial charge is 0.166 e. The van der Waals surface area contributed by atoms with E-state index in [9.17, 15) is 0 Å². The van der Waals surface area contributed by atoms with E-state index in [2.05, 4.69) is 53.9 Å². The first-order valence-electron chi connectivity index (χ1n) is 5.29. The summed E-state index contributed by atoms with van der Waals surface area (Å²) >= 11 is 1.79. The molecule has 86 valence electrons. The van der Waals surface area contributed by atoms with Gasteiger partial charge in [0, 0.05) is 25.5 Å². The second-order valence-electron chi connectivity index (χ2n) is 3.95. The molecule has 1 N–H and O–H groups in total. The lowest BCUT2D eigenvalue weighted by Gasteiger charge is -2.34. The van der Waals surface area contributed by atoms with E-state index < -0.39 is 0 Å². The quantitative estimate of drug-likeness (QED) is 0.868. The number of thioether (sulfide) groups is 1. The van der Waals surface area contributed by atoms with Gasteiger partial charge in [-0.2, -0.15) is 0 Å². The Morgan fingerprint density at radius 1 is 1.25 bits per heavy atom. The summed E-state index contributed by atoms with van der Waals surface area (Å²) in [5.41, 5.74) is 2.66. The third-order valence-electron chi connectivity index (χ3n) is 2.45. The van der Waals surface area contributed by atoms with Crippen LogP contribution in [-0.2, 0) is 0 Å². The number of benzene rings is 1. The van der Waals surface area contributed by atoms with Gasteiger partial charge in [0.25, 0.3) is 0 Å². The molecule has 0 aromatic heterocycles. The lowest BCUT2D eigenvalue weighted by atomic mass is 10.3. The minimum Gasteiger partial charge on any atom is -0.355 e. The molecule has 3 nitrogen and oxygen atoms in total. The fourth-order valence-electron chi connectivity index (χ4n) is 1.76. The molecule has 0 saturated carbocycles. The first-order chi connectivity index (χ1) is 7.68. The van der Waals surface area contributed by atoms with Crippen LogP contribution in [0.15, 0.2) is 41.4 Å². The largest absolute Gasteiger partial charge is 0.355 e. The zero-order valence-electron chi connectivity index (χ0n) is 9.84. The van der Waals surface area contributed by atoms with Gasteiger partial charge in [0.2, 0.25) is 0 Å². The molecule has 0 amide bonds. The lowest BCUT2D eigenvalue weighted by Crippen LogP contribution is -2.42. The summed E-state index contributed by atoms with van der Waals surface area (Å²) in [6, 6.07) is 10.3. The molecule has 0 aliphatic carbocycles. The monoisotopic (exact) mass is 235 g/mol. The molecule has 0 radical (unpaired) electrons. The number of rotatable bonds is 3. The third kappa shape index (κ3) is 2.33. The summed E-state index contributed by atoms with van der Waals surface area (Å²) in [7, 11) is 4.12. The van der Waals surface area contributed by atoms with Crippen molar-refractivity contribution in [2.45, 2.75) is 12.4 Å². The number of hydrogen-bond donors (Lipinski definition) is 1. The van der Waals surface area contributed by atoms with E-state index in [1.54, 1.807) is 11.8 Å². The zero-order chi connectivity index (χ0) is 11.5. The number of nitrogens with one attached hydrogen (secondary N) is 1. The SMILES string of the molecule is CC1=CSC(Nc2ccccc2)N1N(C)C. The number of hydrogen-bond acceptors (Lipinski definition) is 4. The van der Waals surface area contributed by atoms with Crippen molar-refractivity contribution in [1.82, 2.24) is 10.0 Å². The van der Waals surface area contributed by atoms with E-state index in [0.717, 1.165) is 5.69 Å². The summed E-state index contributed by atoms with van der Waals surface area (Å²) in [6.07, 6.45) is 0. The van der Waals surface area contributed by atoms with Crippen molar-refractivity contribution >= 4 is 17.4 Å². The van der Waals surface area contributed by atoms with Crippen LogP contribution in [0.3, 0.4) is 0 Å². The summed E-state index contributed by atoms with van der Waals surface area (Å²) in [5.74, 6) is 0. The molecule has 1 aliphatic heterocycles. The molecule has 16 heavy (non-hydrogen) atoms. The lowest BCUT2D eigenvalue weighted by molar-refractivity contribution is 0.0664. The van der Waals surface area contributed by atoms with Crippen LogP contribution in [0.5, 0.6) is 0 Å². The van der Waals surface area contributed by atoms with Crippen molar-refractivity contribution in [2.24, 2.45) is 0 Å². The zero-order valence-corrected chi connectivity index (χ0v) is 10.7. The molecule has 0 saturated heterocycles. The molecule has 0 bridgehead atoms. The van der Waals surface area contributed by atoms with Crippen LogP contribution in [0.2, 0.25) is 0 Å². The Morgan fingerprint density at radius 3 is 2.56 bits per heavy atom. The Morgan fingerprint density at radius 2 is 1.94 bits per heavy atom. The van der Waals surface area contributed by atoms with Gasteiger partial charge in [-0.3, -0.25) is 5.01 Å². The molecule has 2 rings (SSSR count). The van der Waals surface area contributed by atoms with Crippen molar-refractivity contribution in [3.05, 3.63) is 41.4 Å². The van der Waals surface area contributed by atoms with E-state index in [0.29, 0.717) is 0 Å². The first-order valence-corrected chi connectivity index (χ1v) is 6.23. The minimum absolute atomic E-state index is 0.248. The van der Waals surface area contributed by atoms with E-state index in [1.165, 1.54) is 5.70 Å². The molecule has 4 heteroatoms. The van der Waals surface area contributed by atoms with Gasteiger partial charge < -0.3 is 5.32 Å². The molecule has 1 heterocycles. The van der Waals surface area contributed by atoms with E-state index >= 15 is 0 Å². The average molecular weight is 235 g/mol. The van der Waals surface area contributed by atoms with Gasteiger partial charge in [0.05, 0.1) is 0 Å². The molecule has 1 aliphatic rings. The topological polar surface area (TPSA) is 18.5 Å². The van der Waals surface area contributed by atoms with Crippen LogP contribution in [0.4, 0.5) is 5.69 Å². The number of anilines is 1. The molecular weight excluding hydrogens is 218 g/mol. The molecule has 1 atom stereocenters. The van der Waals surface area contributed by atoms with Crippen molar-refractivity contribution < 1.29 is 0 Å². The second kappa shape index (κ2) is 4.80. The van der Waals surface area contributed by atoms with Crippen LogP contribution < -0.4 is 5.32 Å². The molecule has 1 aromatic rings. The summed E-state index contributed by atoms with van der Waals surface area (Å²) in [5, 5.41) is 10.0. The summed E-state index contributed by atoms with van der Waals surface area (Å²) < 4.78 is 0.